The van der Waals surface area contributed by atoms with Crippen LogP contribution in [0, 0.1) is 0 Å². The molecular weight excluding hydrogens is 436 g/mol. The summed E-state index contributed by atoms with van der Waals surface area (Å²) in [7, 11) is 0. The summed E-state index contributed by atoms with van der Waals surface area (Å²) >= 11 is 3.46. The highest BCUT2D eigenvalue weighted by atomic mass is 79.9. The number of hydrogen-bond donors (Lipinski definition) is 3. The molecule has 0 saturated carbocycles. The summed E-state index contributed by atoms with van der Waals surface area (Å²) in [5, 5.41) is 17.6. The number of anilines is 3. The van der Waals surface area contributed by atoms with E-state index in [0.29, 0.717) is 41.5 Å². The summed E-state index contributed by atoms with van der Waals surface area (Å²) in [6, 6.07) is 3.80. The van der Waals surface area contributed by atoms with Crippen molar-refractivity contribution in [2.24, 2.45) is 4.99 Å². The summed E-state index contributed by atoms with van der Waals surface area (Å²) in [6.45, 7) is 8.35. The lowest BCUT2D eigenvalue weighted by atomic mass is 10.1. The van der Waals surface area contributed by atoms with E-state index in [2.05, 4.69) is 70.7 Å². The molecule has 29 heavy (non-hydrogen) atoms. The molecule has 0 fully saturated rings. The minimum absolute atomic E-state index is 0.363. The van der Waals surface area contributed by atoms with Gasteiger partial charge in [-0.25, -0.2) is 4.98 Å². The van der Waals surface area contributed by atoms with Gasteiger partial charge in [0.25, 0.3) is 0 Å². The van der Waals surface area contributed by atoms with Crippen LogP contribution in [0.3, 0.4) is 0 Å². The van der Waals surface area contributed by atoms with Crippen molar-refractivity contribution < 1.29 is 4.52 Å². The lowest BCUT2D eigenvalue weighted by Gasteiger charge is -2.07. The third-order valence-electron chi connectivity index (χ3n) is 3.99. The first-order valence-corrected chi connectivity index (χ1v) is 9.99. The average molecular weight is 459 g/mol. The Hall–Kier alpha value is -3.01. The number of allylic oxidation sites excluding steroid dienone is 1. The molecule has 9 nitrogen and oxygen atoms in total. The molecular formula is C19H23BrN8O. The van der Waals surface area contributed by atoms with Crippen molar-refractivity contribution in [3.8, 4) is 0 Å². The van der Waals surface area contributed by atoms with E-state index in [9.17, 15) is 0 Å². The zero-order valence-electron chi connectivity index (χ0n) is 16.7. The molecule has 0 aliphatic rings. The van der Waals surface area contributed by atoms with Gasteiger partial charge in [-0.3, -0.25) is 10.1 Å². The van der Waals surface area contributed by atoms with Crippen LogP contribution in [0.4, 0.5) is 17.6 Å². The van der Waals surface area contributed by atoms with Gasteiger partial charge >= 0.3 is 0 Å². The van der Waals surface area contributed by atoms with E-state index in [1.54, 1.807) is 12.4 Å². The molecule has 0 spiro atoms. The van der Waals surface area contributed by atoms with Crippen molar-refractivity contribution in [3.05, 3.63) is 46.0 Å². The van der Waals surface area contributed by atoms with Crippen molar-refractivity contribution in [2.45, 2.75) is 40.2 Å². The van der Waals surface area contributed by atoms with Crippen LogP contribution >= 0.6 is 15.9 Å². The van der Waals surface area contributed by atoms with Gasteiger partial charge in [-0.15, -0.1) is 0 Å². The van der Waals surface area contributed by atoms with Crippen molar-refractivity contribution in [3.63, 3.8) is 0 Å². The Balaban J connectivity index is 1.67. The van der Waals surface area contributed by atoms with Crippen molar-refractivity contribution >= 4 is 45.4 Å². The number of aromatic nitrogens is 5. The van der Waals surface area contributed by atoms with Crippen molar-refractivity contribution in [2.75, 3.05) is 10.6 Å². The second-order valence-corrected chi connectivity index (χ2v) is 7.33. The number of rotatable bonds is 8. The molecule has 0 radical (unpaired) electrons. The average Bonchev–Trinajstić information content (AvgIpc) is 3.36. The first kappa shape index (κ1) is 20.7. The molecule has 3 aromatic rings. The normalized spacial score (nSPS) is 12.1. The third-order valence-corrected chi connectivity index (χ3v) is 4.57. The van der Waals surface area contributed by atoms with E-state index in [1.807, 2.05) is 32.1 Å². The maximum Gasteiger partial charge on any atom is 0.225 e. The van der Waals surface area contributed by atoms with E-state index in [1.165, 1.54) is 0 Å². The van der Waals surface area contributed by atoms with Crippen LogP contribution in [0.1, 0.15) is 50.8 Å². The molecule has 3 heterocycles. The molecule has 3 N–H and O–H groups in total. The highest BCUT2D eigenvalue weighted by molar-refractivity contribution is 9.10. The van der Waals surface area contributed by atoms with E-state index < -0.39 is 0 Å². The monoisotopic (exact) mass is 458 g/mol. The Morgan fingerprint density at radius 3 is 2.86 bits per heavy atom. The van der Waals surface area contributed by atoms with Crippen LogP contribution in [0.25, 0.3) is 5.70 Å². The fraction of sp³-hybridized carbons (Fsp3) is 0.316. The fourth-order valence-corrected chi connectivity index (χ4v) is 2.76. The van der Waals surface area contributed by atoms with Crippen LogP contribution in [-0.4, -0.2) is 31.5 Å². The number of aromatic amines is 1. The van der Waals surface area contributed by atoms with Gasteiger partial charge in [0, 0.05) is 30.2 Å². The SMILES string of the molecule is CC=N/C(=C\C)c1cc(CNc2ncc(Br)c(Nc3cc(C(C)C)[nH]n3)n2)on1. The molecule has 0 aliphatic carbocycles. The molecule has 0 unspecified atom stereocenters. The first-order chi connectivity index (χ1) is 14.0. The van der Waals surface area contributed by atoms with Crippen LogP contribution in [-0.2, 0) is 6.54 Å². The smallest absolute Gasteiger partial charge is 0.225 e. The Bertz CT molecular complexity index is 1020. The topological polar surface area (TPSA) is 117 Å². The highest BCUT2D eigenvalue weighted by Gasteiger charge is 2.11. The lowest BCUT2D eigenvalue weighted by Crippen LogP contribution is -2.05. The number of nitrogens with one attached hydrogen (secondary N) is 3. The zero-order valence-corrected chi connectivity index (χ0v) is 18.3. The molecule has 0 saturated heterocycles. The molecule has 152 valence electrons. The van der Waals surface area contributed by atoms with E-state index in [0.717, 1.165) is 15.9 Å². The maximum absolute atomic E-state index is 5.37. The fourth-order valence-electron chi connectivity index (χ4n) is 2.47. The van der Waals surface area contributed by atoms with Crippen molar-refractivity contribution in [1.82, 2.24) is 25.3 Å². The van der Waals surface area contributed by atoms with Crippen LogP contribution in [0.15, 0.2) is 38.4 Å². The Morgan fingerprint density at radius 2 is 2.17 bits per heavy atom. The second kappa shape index (κ2) is 9.46. The standard InChI is InChI=1S/C19H23BrN8O/c1-5-14(21-6-2)16-7-12(29-28-16)9-22-19-23-10-13(20)18(25-19)24-17-8-15(11(3)4)26-27-17/h5-8,10-11H,9H2,1-4H3,(H3,22,23,24,25,26,27)/b14-5-,21-6?. The van der Waals surface area contributed by atoms with Crippen molar-refractivity contribution in [1.29, 1.82) is 0 Å². The van der Waals surface area contributed by atoms with Gasteiger partial charge in [0.15, 0.2) is 17.4 Å². The number of nitrogens with zero attached hydrogens (tertiary/aromatic N) is 5. The number of H-pyrrole nitrogens is 1. The molecule has 10 heteroatoms. The maximum atomic E-state index is 5.37. The highest BCUT2D eigenvalue weighted by Crippen LogP contribution is 2.25. The van der Waals surface area contributed by atoms with E-state index in [4.69, 9.17) is 4.52 Å². The summed E-state index contributed by atoms with van der Waals surface area (Å²) in [5.74, 6) is 2.76. The summed E-state index contributed by atoms with van der Waals surface area (Å²) in [6.07, 6.45) is 5.27. The summed E-state index contributed by atoms with van der Waals surface area (Å²) < 4.78 is 6.10. The molecule has 0 bridgehead atoms. The summed E-state index contributed by atoms with van der Waals surface area (Å²) in [5.41, 5.74) is 2.49. The minimum Gasteiger partial charge on any atom is -0.359 e. The molecule has 3 rings (SSSR count). The first-order valence-electron chi connectivity index (χ1n) is 9.19. The van der Waals surface area contributed by atoms with Gasteiger partial charge in [0.05, 0.1) is 16.7 Å². The van der Waals surface area contributed by atoms with Gasteiger partial charge in [0.2, 0.25) is 5.95 Å². The van der Waals surface area contributed by atoms with Gasteiger partial charge in [-0.1, -0.05) is 25.1 Å². The predicted molar refractivity (Wildman–Crippen MR) is 117 cm³/mol. The van der Waals surface area contributed by atoms with Crippen LogP contribution in [0.2, 0.25) is 0 Å². The van der Waals surface area contributed by atoms with Gasteiger partial charge in [-0.05, 0) is 35.7 Å². The number of halogens is 1. The van der Waals surface area contributed by atoms with Gasteiger partial charge in [0.1, 0.15) is 5.69 Å². The summed E-state index contributed by atoms with van der Waals surface area (Å²) in [4.78, 5) is 13.0. The van der Waals surface area contributed by atoms with Gasteiger partial charge < -0.3 is 15.2 Å². The van der Waals surface area contributed by atoms with Crippen LogP contribution in [0.5, 0.6) is 0 Å². The molecule has 3 aromatic heterocycles. The molecule has 0 amide bonds. The number of aliphatic imine (C=N–C) groups is 1. The number of hydrogen-bond acceptors (Lipinski definition) is 8. The lowest BCUT2D eigenvalue weighted by molar-refractivity contribution is 0.386. The van der Waals surface area contributed by atoms with E-state index in [-0.39, 0.29) is 0 Å². The quantitative estimate of drug-likeness (QED) is 0.411. The Morgan fingerprint density at radius 1 is 1.34 bits per heavy atom. The Kier molecular flexibility index (Phi) is 6.76. The van der Waals surface area contributed by atoms with Crippen LogP contribution < -0.4 is 10.6 Å². The molecule has 0 aromatic carbocycles. The third kappa shape index (κ3) is 5.29. The predicted octanol–water partition coefficient (Wildman–Crippen LogP) is 4.88. The Labute approximate surface area is 177 Å². The minimum atomic E-state index is 0.363. The zero-order chi connectivity index (χ0) is 20.8. The second-order valence-electron chi connectivity index (χ2n) is 6.47. The van der Waals surface area contributed by atoms with Gasteiger partial charge in [-0.2, -0.15) is 10.1 Å². The molecule has 0 aliphatic heterocycles. The molecule has 0 atom stereocenters. The largest absolute Gasteiger partial charge is 0.359 e. The van der Waals surface area contributed by atoms with E-state index >= 15 is 0 Å².